The summed E-state index contributed by atoms with van der Waals surface area (Å²) in [6, 6.07) is 4.15. The maximum atomic E-state index is 12.5. The Balaban J connectivity index is 1.23. The Bertz CT molecular complexity index is 574. The number of carbonyl (C=O) groups excluding carboxylic acids is 1. The van der Waals surface area contributed by atoms with E-state index in [0.29, 0.717) is 18.4 Å². The van der Waals surface area contributed by atoms with Gasteiger partial charge in [0, 0.05) is 64.1 Å². The number of rotatable bonds is 4. The summed E-state index contributed by atoms with van der Waals surface area (Å²) in [5.74, 6) is 0.846. The molecule has 0 N–H and O–H groups in total. The number of carbonyl (C=O) groups is 1. The number of fused-ring (bicyclic) bond motifs is 1. The van der Waals surface area contributed by atoms with Crippen LogP contribution < -0.4 is 0 Å². The third-order valence-corrected chi connectivity index (χ3v) is 5.80. The van der Waals surface area contributed by atoms with Crippen molar-refractivity contribution < 1.29 is 9.53 Å². The quantitative estimate of drug-likeness (QED) is 0.810. The molecule has 6 heteroatoms. The van der Waals surface area contributed by atoms with E-state index in [0.717, 1.165) is 52.2 Å². The van der Waals surface area contributed by atoms with E-state index in [9.17, 15) is 4.79 Å². The lowest BCUT2D eigenvalue weighted by atomic mass is 10.0. The minimum atomic E-state index is 0.116. The average molecular weight is 344 g/mol. The van der Waals surface area contributed by atoms with E-state index in [4.69, 9.17) is 4.74 Å². The molecule has 1 aromatic heterocycles. The number of aromatic nitrogens is 1. The summed E-state index contributed by atoms with van der Waals surface area (Å²) in [5, 5.41) is 0. The molecule has 6 nitrogen and oxygen atoms in total. The van der Waals surface area contributed by atoms with Crippen molar-refractivity contribution >= 4 is 5.91 Å². The first-order chi connectivity index (χ1) is 12.2. The van der Waals surface area contributed by atoms with E-state index < -0.39 is 0 Å². The van der Waals surface area contributed by atoms with Crippen molar-refractivity contribution in [3.05, 3.63) is 30.1 Å². The Morgan fingerprint density at radius 3 is 2.68 bits per heavy atom. The van der Waals surface area contributed by atoms with Crippen molar-refractivity contribution in [2.75, 3.05) is 46.3 Å². The maximum Gasteiger partial charge on any atom is 0.225 e. The van der Waals surface area contributed by atoms with E-state index >= 15 is 0 Å². The first-order valence-corrected chi connectivity index (χ1v) is 9.40. The third kappa shape index (κ3) is 4.02. The molecular weight excluding hydrogens is 316 g/mol. The molecule has 3 fully saturated rings. The van der Waals surface area contributed by atoms with Gasteiger partial charge in [0.25, 0.3) is 0 Å². The molecular formula is C19H28N4O2. The highest BCUT2D eigenvalue weighted by atomic mass is 16.5. The molecule has 3 saturated heterocycles. The summed E-state index contributed by atoms with van der Waals surface area (Å²) in [5.41, 5.74) is 1.30. The van der Waals surface area contributed by atoms with Crippen LogP contribution in [0.1, 0.15) is 18.4 Å². The zero-order chi connectivity index (χ0) is 17.2. The van der Waals surface area contributed by atoms with E-state index in [2.05, 4.69) is 34.0 Å². The van der Waals surface area contributed by atoms with Gasteiger partial charge in [0.05, 0.1) is 18.6 Å². The first kappa shape index (κ1) is 16.9. The van der Waals surface area contributed by atoms with Gasteiger partial charge in [-0.15, -0.1) is 0 Å². The molecule has 0 radical (unpaired) electrons. The van der Waals surface area contributed by atoms with Crippen LogP contribution in [0.5, 0.6) is 0 Å². The zero-order valence-electron chi connectivity index (χ0n) is 15.0. The van der Waals surface area contributed by atoms with Gasteiger partial charge in [-0.25, -0.2) is 0 Å². The third-order valence-electron chi connectivity index (χ3n) is 5.80. The van der Waals surface area contributed by atoms with Gasteiger partial charge in [-0.1, -0.05) is 0 Å². The molecule has 0 bridgehead atoms. The lowest BCUT2D eigenvalue weighted by molar-refractivity contribution is -0.135. The predicted octanol–water partition coefficient (Wildman–Crippen LogP) is 0.835. The second-order valence-electron chi connectivity index (χ2n) is 7.73. The SMILES string of the molecule is CN1CCN(C(=O)C[C@@H]2C[C@H]3CN(Cc4ccncc4)C[C@H]3O2)CC1. The Hall–Kier alpha value is -1.50. The van der Waals surface area contributed by atoms with Crippen molar-refractivity contribution in [1.82, 2.24) is 19.7 Å². The molecule has 3 aliphatic heterocycles. The number of nitrogens with zero attached hydrogens (tertiary/aromatic N) is 4. The Kier molecular flexibility index (Phi) is 5.01. The van der Waals surface area contributed by atoms with Crippen LogP contribution in [0.25, 0.3) is 0 Å². The van der Waals surface area contributed by atoms with Crippen molar-refractivity contribution in [3.8, 4) is 0 Å². The van der Waals surface area contributed by atoms with Crippen LogP contribution in [0.3, 0.4) is 0 Å². The summed E-state index contributed by atoms with van der Waals surface area (Å²) < 4.78 is 6.22. The standard InChI is InChI=1S/C19H28N4O2/c1-21-6-8-23(9-7-21)19(24)11-17-10-16-13-22(14-18(16)25-17)12-15-2-4-20-5-3-15/h2-5,16-18H,6-14H2,1H3/t16-,17-,18+/m0/s1. The van der Waals surface area contributed by atoms with Crippen molar-refractivity contribution in [1.29, 1.82) is 0 Å². The second-order valence-corrected chi connectivity index (χ2v) is 7.73. The first-order valence-electron chi connectivity index (χ1n) is 9.40. The smallest absolute Gasteiger partial charge is 0.225 e. The lowest BCUT2D eigenvalue weighted by Gasteiger charge is -2.33. The molecule has 0 unspecified atom stereocenters. The summed E-state index contributed by atoms with van der Waals surface area (Å²) in [6.45, 7) is 6.68. The molecule has 3 aliphatic rings. The maximum absolute atomic E-state index is 12.5. The van der Waals surface area contributed by atoms with Gasteiger partial charge in [0.15, 0.2) is 0 Å². The topological polar surface area (TPSA) is 48.9 Å². The molecule has 0 spiro atoms. The molecule has 4 rings (SSSR count). The average Bonchev–Trinajstić information content (AvgIpc) is 3.14. The minimum absolute atomic E-state index is 0.116. The highest BCUT2D eigenvalue weighted by molar-refractivity contribution is 5.76. The van der Waals surface area contributed by atoms with Crippen LogP contribution in [-0.4, -0.2) is 84.1 Å². The van der Waals surface area contributed by atoms with Crippen molar-refractivity contribution in [3.63, 3.8) is 0 Å². The number of hydrogen-bond acceptors (Lipinski definition) is 5. The Morgan fingerprint density at radius 1 is 1.20 bits per heavy atom. The van der Waals surface area contributed by atoms with Gasteiger partial charge in [0.2, 0.25) is 5.91 Å². The van der Waals surface area contributed by atoms with Gasteiger partial charge in [-0.3, -0.25) is 14.7 Å². The number of likely N-dealkylation sites (N-methyl/N-ethyl adjacent to an activating group) is 1. The summed E-state index contributed by atoms with van der Waals surface area (Å²) in [7, 11) is 2.11. The van der Waals surface area contributed by atoms with Gasteiger partial charge in [-0.2, -0.15) is 0 Å². The van der Waals surface area contributed by atoms with Crippen LogP contribution in [0.2, 0.25) is 0 Å². The predicted molar refractivity (Wildman–Crippen MR) is 95.0 cm³/mol. The molecule has 25 heavy (non-hydrogen) atoms. The zero-order valence-corrected chi connectivity index (χ0v) is 15.0. The van der Waals surface area contributed by atoms with Crippen molar-refractivity contribution in [2.24, 2.45) is 5.92 Å². The number of amides is 1. The highest BCUT2D eigenvalue weighted by Crippen LogP contribution is 2.35. The Morgan fingerprint density at radius 2 is 1.96 bits per heavy atom. The molecule has 3 atom stereocenters. The number of pyridine rings is 1. The van der Waals surface area contributed by atoms with E-state index in [-0.39, 0.29) is 12.0 Å². The number of piperazine rings is 1. The highest BCUT2D eigenvalue weighted by Gasteiger charge is 2.42. The van der Waals surface area contributed by atoms with Crippen LogP contribution >= 0.6 is 0 Å². The lowest BCUT2D eigenvalue weighted by Crippen LogP contribution is -2.47. The van der Waals surface area contributed by atoms with E-state index in [1.807, 2.05) is 17.3 Å². The fourth-order valence-electron chi connectivity index (χ4n) is 4.33. The Labute approximate surface area is 149 Å². The fourth-order valence-corrected chi connectivity index (χ4v) is 4.33. The van der Waals surface area contributed by atoms with Crippen LogP contribution in [0.15, 0.2) is 24.5 Å². The second kappa shape index (κ2) is 7.40. The van der Waals surface area contributed by atoms with Gasteiger partial charge in [-0.05, 0) is 31.2 Å². The normalized spacial score (nSPS) is 30.6. The van der Waals surface area contributed by atoms with E-state index in [1.54, 1.807) is 0 Å². The summed E-state index contributed by atoms with van der Waals surface area (Å²) >= 11 is 0. The van der Waals surface area contributed by atoms with Gasteiger partial charge < -0.3 is 14.5 Å². The molecule has 0 aromatic carbocycles. The van der Waals surface area contributed by atoms with Crippen LogP contribution in [0.4, 0.5) is 0 Å². The van der Waals surface area contributed by atoms with Gasteiger partial charge in [0.1, 0.15) is 0 Å². The summed E-state index contributed by atoms with van der Waals surface area (Å²) in [6.07, 6.45) is 5.70. The summed E-state index contributed by atoms with van der Waals surface area (Å²) in [4.78, 5) is 23.3. The largest absolute Gasteiger partial charge is 0.373 e. The van der Waals surface area contributed by atoms with Gasteiger partial charge >= 0.3 is 0 Å². The fraction of sp³-hybridized carbons (Fsp3) is 0.684. The minimum Gasteiger partial charge on any atom is -0.373 e. The van der Waals surface area contributed by atoms with E-state index in [1.165, 1.54) is 5.56 Å². The molecule has 136 valence electrons. The van der Waals surface area contributed by atoms with Crippen LogP contribution in [-0.2, 0) is 16.1 Å². The number of likely N-dealkylation sites (tertiary alicyclic amines) is 1. The molecule has 0 saturated carbocycles. The number of ether oxygens (including phenoxy) is 1. The molecule has 1 aromatic rings. The number of hydrogen-bond donors (Lipinski definition) is 0. The molecule has 4 heterocycles. The monoisotopic (exact) mass is 344 g/mol. The van der Waals surface area contributed by atoms with Crippen molar-refractivity contribution in [2.45, 2.75) is 31.6 Å². The molecule has 1 amide bonds. The van der Waals surface area contributed by atoms with Crippen LogP contribution in [0, 0.1) is 5.92 Å². The molecule has 0 aliphatic carbocycles.